The van der Waals surface area contributed by atoms with E-state index in [0.717, 1.165) is 36.0 Å². The van der Waals surface area contributed by atoms with Crippen molar-refractivity contribution in [3.05, 3.63) is 48.6 Å². The summed E-state index contributed by atoms with van der Waals surface area (Å²) in [5.41, 5.74) is 7.71. The molecule has 4 nitrogen and oxygen atoms in total. The van der Waals surface area contributed by atoms with Crippen LogP contribution in [0, 0.1) is 11.8 Å². The van der Waals surface area contributed by atoms with Gasteiger partial charge < -0.3 is 10.8 Å². The quantitative estimate of drug-likeness (QED) is 0.856. The van der Waals surface area contributed by atoms with Gasteiger partial charge in [0.1, 0.15) is 5.82 Å². The van der Waals surface area contributed by atoms with Crippen molar-refractivity contribution in [2.45, 2.75) is 25.0 Å². The smallest absolute Gasteiger partial charge is 0.124 e. The van der Waals surface area contributed by atoms with Gasteiger partial charge in [-0.25, -0.2) is 4.98 Å². The van der Waals surface area contributed by atoms with Crippen LogP contribution in [0.4, 0.5) is 5.82 Å². The van der Waals surface area contributed by atoms with Gasteiger partial charge in [0.05, 0.1) is 11.6 Å². The average Bonchev–Trinajstić information content (AvgIpc) is 2.60. The third-order valence-corrected chi connectivity index (χ3v) is 5.61. The molecule has 3 fully saturated rings. The number of fused-ring (bicyclic) bond motifs is 4. The highest BCUT2D eigenvalue weighted by Gasteiger charge is 2.42. The second-order valence-electron chi connectivity index (χ2n) is 6.84. The van der Waals surface area contributed by atoms with E-state index in [1.165, 1.54) is 6.42 Å². The Balaban J connectivity index is 1.70. The largest absolute Gasteiger partial charge is 0.387 e. The molecule has 1 unspecified atom stereocenters. The molecule has 120 valence electrons. The standard InChI is InChI=1S/C19H23N3O/c1-2-12-11-22-8-7-13(12)9-17(22)19(23)15-10-18(20)21-16-6-4-3-5-14(15)16/h2-6,10,12-13,17,19,23H,1,7-9,11H2,(H2,20,21)/t12-,13+,17+,19-/m1/s1. The number of nitrogen functional groups attached to an aromatic ring is 1. The van der Waals surface area contributed by atoms with E-state index < -0.39 is 6.10 Å². The van der Waals surface area contributed by atoms with Crippen LogP contribution < -0.4 is 5.73 Å². The van der Waals surface area contributed by atoms with Crippen LogP contribution in [0.3, 0.4) is 0 Å². The van der Waals surface area contributed by atoms with Crippen LogP contribution in [0.5, 0.6) is 0 Å². The zero-order valence-corrected chi connectivity index (χ0v) is 13.2. The zero-order valence-electron chi connectivity index (χ0n) is 13.2. The Morgan fingerprint density at radius 3 is 2.96 bits per heavy atom. The number of anilines is 1. The average molecular weight is 309 g/mol. The molecule has 3 aliphatic heterocycles. The second kappa shape index (κ2) is 5.62. The Hall–Kier alpha value is -1.91. The van der Waals surface area contributed by atoms with Gasteiger partial charge in [0.2, 0.25) is 0 Å². The summed E-state index contributed by atoms with van der Waals surface area (Å²) in [6.45, 7) is 6.04. The highest BCUT2D eigenvalue weighted by atomic mass is 16.3. The zero-order chi connectivity index (χ0) is 16.0. The minimum Gasteiger partial charge on any atom is -0.387 e. The number of hydrogen-bond acceptors (Lipinski definition) is 4. The van der Waals surface area contributed by atoms with E-state index in [9.17, 15) is 5.11 Å². The van der Waals surface area contributed by atoms with Crippen molar-refractivity contribution in [1.82, 2.24) is 9.88 Å². The molecule has 5 atom stereocenters. The van der Waals surface area contributed by atoms with E-state index in [2.05, 4.69) is 22.5 Å². The summed E-state index contributed by atoms with van der Waals surface area (Å²) in [6.07, 6.45) is 3.78. The lowest BCUT2D eigenvalue weighted by atomic mass is 9.73. The second-order valence-corrected chi connectivity index (χ2v) is 6.84. The predicted octanol–water partition coefficient (Wildman–Crippen LogP) is 2.75. The number of nitrogens with two attached hydrogens (primary N) is 1. The van der Waals surface area contributed by atoms with Crippen molar-refractivity contribution < 1.29 is 5.11 Å². The summed E-state index contributed by atoms with van der Waals surface area (Å²) in [5.74, 6) is 1.67. The number of para-hydroxylation sites is 1. The lowest BCUT2D eigenvalue weighted by Gasteiger charge is -2.50. The van der Waals surface area contributed by atoms with Gasteiger partial charge in [-0.05, 0) is 48.9 Å². The van der Waals surface area contributed by atoms with Crippen LogP contribution in [0.15, 0.2) is 43.0 Å². The number of rotatable bonds is 3. The maximum Gasteiger partial charge on any atom is 0.124 e. The number of aliphatic hydroxyl groups is 1. The maximum absolute atomic E-state index is 11.1. The predicted molar refractivity (Wildman–Crippen MR) is 92.9 cm³/mol. The van der Waals surface area contributed by atoms with E-state index in [-0.39, 0.29) is 6.04 Å². The van der Waals surface area contributed by atoms with Crippen LogP contribution in [-0.2, 0) is 0 Å². The fourth-order valence-electron chi connectivity index (χ4n) is 4.38. The fourth-order valence-corrected chi connectivity index (χ4v) is 4.38. The summed E-state index contributed by atoms with van der Waals surface area (Å²) in [6, 6.07) is 9.90. The summed E-state index contributed by atoms with van der Waals surface area (Å²) in [4.78, 5) is 6.80. The molecule has 1 aromatic heterocycles. The summed E-state index contributed by atoms with van der Waals surface area (Å²) in [7, 11) is 0. The van der Waals surface area contributed by atoms with Crippen LogP contribution in [0.25, 0.3) is 10.9 Å². The highest BCUT2D eigenvalue weighted by Crippen LogP contribution is 2.42. The molecule has 0 radical (unpaired) electrons. The van der Waals surface area contributed by atoms with Crippen molar-refractivity contribution in [2.75, 3.05) is 18.8 Å². The van der Waals surface area contributed by atoms with E-state index in [0.29, 0.717) is 17.7 Å². The molecule has 4 heteroatoms. The first-order valence-corrected chi connectivity index (χ1v) is 8.37. The SMILES string of the molecule is C=C[C@@H]1CN2CC[C@H]1C[C@H]2[C@H](O)c1cc(N)nc2ccccc12. The molecule has 4 heterocycles. The first kappa shape index (κ1) is 14.7. The molecule has 3 N–H and O–H groups in total. The van der Waals surface area contributed by atoms with E-state index in [1.807, 2.05) is 30.3 Å². The maximum atomic E-state index is 11.1. The summed E-state index contributed by atoms with van der Waals surface area (Å²) < 4.78 is 0. The molecular formula is C19H23N3O. The Bertz CT molecular complexity index is 744. The van der Waals surface area contributed by atoms with Crippen LogP contribution in [0.2, 0.25) is 0 Å². The third kappa shape index (κ3) is 2.42. The van der Waals surface area contributed by atoms with Gasteiger partial charge in [0, 0.05) is 18.0 Å². The van der Waals surface area contributed by atoms with Crippen molar-refractivity contribution in [1.29, 1.82) is 0 Å². The first-order valence-electron chi connectivity index (χ1n) is 8.37. The van der Waals surface area contributed by atoms with Crippen molar-refractivity contribution in [2.24, 2.45) is 11.8 Å². The molecule has 5 rings (SSSR count). The molecular weight excluding hydrogens is 286 g/mol. The summed E-state index contributed by atoms with van der Waals surface area (Å²) in [5, 5.41) is 12.1. The van der Waals surface area contributed by atoms with Crippen LogP contribution in [0.1, 0.15) is 24.5 Å². The number of aromatic nitrogens is 1. The van der Waals surface area contributed by atoms with Gasteiger partial charge in [0.25, 0.3) is 0 Å². The van der Waals surface area contributed by atoms with Gasteiger partial charge in [-0.1, -0.05) is 24.3 Å². The van der Waals surface area contributed by atoms with Crippen molar-refractivity contribution in [3.8, 4) is 0 Å². The highest BCUT2D eigenvalue weighted by molar-refractivity contribution is 5.84. The number of piperidine rings is 3. The topological polar surface area (TPSA) is 62.4 Å². The Kier molecular flexibility index (Phi) is 3.58. The van der Waals surface area contributed by atoms with Gasteiger partial charge in [0.15, 0.2) is 0 Å². The van der Waals surface area contributed by atoms with Gasteiger partial charge in [-0.15, -0.1) is 6.58 Å². The lowest BCUT2D eigenvalue weighted by molar-refractivity contribution is -0.0444. The number of aliphatic hydroxyl groups excluding tert-OH is 1. The van der Waals surface area contributed by atoms with Gasteiger partial charge in [-0.3, -0.25) is 4.90 Å². The van der Waals surface area contributed by atoms with E-state index in [4.69, 9.17) is 5.73 Å². The normalized spacial score (nSPS) is 31.2. The van der Waals surface area contributed by atoms with Crippen molar-refractivity contribution >= 4 is 16.7 Å². The Morgan fingerprint density at radius 1 is 1.39 bits per heavy atom. The molecule has 2 bridgehead atoms. The lowest BCUT2D eigenvalue weighted by Crippen LogP contribution is -2.54. The third-order valence-electron chi connectivity index (χ3n) is 5.61. The first-order chi connectivity index (χ1) is 11.2. The Morgan fingerprint density at radius 2 is 2.22 bits per heavy atom. The minimum absolute atomic E-state index is 0.162. The minimum atomic E-state index is -0.529. The van der Waals surface area contributed by atoms with E-state index in [1.54, 1.807) is 0 Å². The monoisotopic (exact) mass is 309 g/mol. The van der Waals surface area contributed by atoms with Crippen molar-refractivity contribution in [3.63, 3.8) is 0 Å². The molecule has 0 spiro atoms. The molecule has 23 heavy (non-hydrogen) atoms. The van der Waals surface area contributed by atoms with E-state index >= 15 is 0 Å². The molecule has 3 saturated heterocycles. The van der Waals surface area contributed by atoms with Crippen LogP contribution >= 0.6 is 0 Å². The number of nitrogens with zero attached hydrogens (tertiary/aromatic N) is 2. The number of pyridine rings is 1. The molecule has 0 amide bonds. The molecule has 0 aliphatic carbocycles. The fraction of sp³-hybridized carbons (Fsp3) is 0.421. The number of benzene rings is 1. The number of hydrogen-bond donors (Lipinski definition) is 2. The summed E-state index contributed by atoms with van der Waals surface area (Å²) >= 11 is 0. The van der Waals surface area contributed by atoms with Gasteiger partial charge >= 0.3 is 0 Å². The van der Waals surface area contributed by atoms with Gasteiger partial charge in [-0.2, -0.15) is 0 Å². The molecule has 0 saturated carbocycles. The van der Waals surface area contributed by atoms with Crippen LogP contribution in [-0.4, -0.2) is 34.1 Å². The molecule has 2 aromatic rings. The molecule has 3 aliphatic rings. The molecule has 1 aromatic carbocycles. The Labute approximate surface area is 136 Å².